The third-order valence-electron chi connectivity index (χ3n) is 3.49. The average Bonchev–Trinajstić information content (AvgIpc) is 3.06. The minimum atomic E-state index is -1.04. The van der Waals surface area contributed by atoms with E-state index in [2.05, 4.69) is 15.8 Å². The molecule has 0 aliphatic heterocycles. The molecule has 0 spiro atoms. The van der Waals surface area contributed by atoms with Gasteiger partial charge in [-0.3, -0.25) is 14.4 Å². The molecule has 0 aliphatic rings. The van der Waals surface area contributed by atoms with Gasteiger partial charge in [-0.1, -0.05) is 5.16 Å². The van der Waals surface area contributed by atoms with Crippen LogP contribution in [0.5, 0.6) is 0 Å². The van der Waals surface area contributed by atoms with Gasteiger partial charge in [0.15, 0.2) is 11.9 Å². The second-order valence-corrected chi connectivity index (χ2v) is 7.22. The lowest BCUT2D eigenvalue weighted by molar-refractivity contribution is -0.150. The summed E-state index contributed by atoms with van der Waals surface area (Å²) in [5.41, 5.74) is 0.386. The average molecular weight is 409 g/mol. The van der Waals surface area contributed by atoms with Crippen LogP contribution in [0, 0.1) is 12.7 Å². The molecule has 0 radical (unpaired) electrons. The van der Waals surface area contributed by atoms with Crippen LogP contribution in [0.4, 0.5) is 15.9 Å². The Morgan fingerprint density at radius 3 is 2.46 bits per heavy atom. The maximum atomic E-state index is 12.9. The molecule has 0 aliphatic carbocycles. The van der Waals surface area contributed by atoms with Gasteiger partial charge in [0.05, 0.1) is 11.0 Å². The molecular formula is C18H20FN3O5S. The molecule has 0 bridgehead atoms. The number of hydrogen-bond donors (Lipinski definition) is 2. The van der Waals surface area contributed by atoms with E-state index in [9.17, 15) is 18.8 Å². The fourth-order valence-corrected chi connectivity index (χ4v) is 2.65. The van der Waals surface area contributed by atoms with Crippen molar-refractivity contribution in [1.29, 1.82) is 0 Å². The van der Waals surface area contributed by atoms with Crippen LogP contribution in [0.1, 0.15) is 19.6 Å². The number of carbonyl (C=O) groups excluding carboxylic acids is 3. The van der Waals surface area contributed by atoms with Crippen molar-refractivity contribution in [3.63, 3.8) is 0 Å². The topological polar surface area (TPSA) is 111 Å². The molecule has 0 saturated carbocycles. The first-order chi connectivity index (χ1) is 13.2. The number of nitrogens with zero attached hydrogens (tertiary/aromatic N) is 1. The number of hydrogen-bond acceptors (Lipinski definition) is 7. The second-order valence-electron chi connectivity index (χ2n) is 5.89. The van der Waals surface area contributed by atoms with Crippen LogP contribution >= 0.6 is 11.8 Å². The zero-order valence-corrected chi connectivity index (χ0v) is 16.3. The number of amides is 2. The largest absolute Gasteiger partial charge is 0.452 e. The summed E-state index contributed by atoms with van der Waals surface area (Å²) >= 11 is 1.06. The van der Waals surface area contributed by atoms with Crippen molar-refractivity contribution in [2.75, 3.05) is 16.4 Å². The van der Waals surface area contributed by atoms with E-state index in [-0.39, 0.29) is 11.7 Å². The lowest BCUT2D eigenvalue weighted by atomic mass is 10.3. The number of ether oxygens (including phenoxy) is 1. The molecule has 8 nitrogen and oxygen atoms in total. The van der Waals surface area contributed by atoms with Crippen LogP contribution in [0.2, 0.25) is 0 Å². The highest BCUT2D eigenvalue weighted by Gasteiger charge is 2.21. The molecule has 150 valence electrons. The number of rotatable bonds is 8. The number of nitrogens with one attached hydrogen (secondary N) is 2. The van der Waals surface area contributed by atoms with Gasteiger partial charge in [-0.15, -0.1) is 11.8 Å². The van der Waals surface area contributed by atoms with Crippen molar-refractivity contribution in [3.8, 4) is 0 Å². The monoisotopic (exact) mass is 409 g/mol. The van der Waals surface area contributed by atoms with Crippen molar-refractivity contribution >= 4 is 41.1 Å². The Kier molecular flexibility index (Phi) is 7.56. The minimum absolute atomic E-state index is 0.111. The van der Waals surface area contributed by atoms with Crippen molar-refractivity contribution < 1.29 is 28.0 Å². The first-order valence-electron chi connectivity index (χ1n) is 8.36. The maximum Gasteiger partial charge on any atom is 0.316 e. The number of esters is 1. The van der Waals surface area contributed by atoms with Crippen LogP contribution in [-0.2, 0) is 19.1 Å². The smallest absolute Gasteiger partial charge is 0.316 e. The van der Waals surface area contributed by atoms with Crippen LogP contribution in [0.3, 0.4) is 0 Å². The van der Waals surface area contributed by atoms with Crippen LogP contribution in [-0.4, -0.2) is 40.0 Å². The van der Waals surface area contributed by atoms with Gasteiger partial charge in [-0.05, 0) is 45.0 Å². The number of aryl methyl sites for hydroxylation is 1. The second kappa shape index (κ2) is 9.88. The molecule has 28 heavy (non-hydrogen) atoms. The molecule has 0 unspecified atom stereocenters. The summed E-state index contributed by atoms with van der Waals surface area (Å²) in [5.74, 6) is -1.20. The molecule has 2 atom stereocenters. The first kappa shape index (κ1) is 21.4. The van der Waals surface area contributed by atoms with Crippen molar-refractivity contribution in [3.05, 3.63) is 41.9 Å². The van der Waals surface area contributed by atoms with E-state index in [0.29, 0.717) is 17.3 Å². The van der Waals surface area contributed by atoms with Crippen LogP contribution in [0.25, 0.3) is 0 Å². The molecule has 1 heterocycles. The predicted molar refractivity (Wildman–Crippen MR) is 102 cm³/mol. The van der Waals surface area contributed by atoms with E-state index >= 15 is 0 Å². The van der Waals surface area contributed by atoms with Gasteiger partial charge in [-0.2, -0.15) is 0 Å². The van der Waals surface area contributed by atoms with E-state index in [1.807, 2.05) is 0 Å². The summed E-state index contributed by atoms with van der Waals surface area (Å²) in [7, 11) is 0. The quantitative estimate of drug-likeness (QED) is 0.645. The third kappa shape index (κ3) is 6.69. The number of anilines is 2. The Morgan fingerprint density at radius 1 is 1.18 bits per heavy atom. The fourth-order valence-electron chi connectivity index (χ4n) is 1.98. The molecule has 2 N–H and O–H groups in total. The number of aromatic nitrogens is 1. The number of thioether (sulfide) groups is 1. The summed E-state index contributed by atoms with van der Waals surface area (Å²) < 4.78 is 22.8. The van der Waals surface area contributed by atoms with Gasteiger partial charge >= 0.3 is 5.97 Å². The highest BCUT2D eigenvalue weighted by atomic mass is 32.2. The minimum Gasteiger partial charge on any atom is -0.452 e. The van der Waals surface area contributed by atoms with Crippen molar-refractivity contribution in [2.24, 2.45) is 0 Å². The summed E-state index contributed by atoms with van der Waals surface area (Å²) in [6, 6.07) is 6.78. The van der Waals surface area contributed by atoms with Gasteiger partial charge in [0, 0.05) is 11.8 Å². The van der Waals surface area contributed by atoms with Crippen molar-refractivity contribution in [1.82, 2.24) is 5.16 Å². The SMILES string of the molecule is Cc1cc(NC(=O)[C@@H](C)SCC(=O)O[C@@H](C)C(=O)Nc2ccc(F)cc2)no1. The molecule has 10 heteroatoms. The van der Waals surface area contributed by atoms with Crippen molar-refractivity contribution in [2.45, 2.75) is 32.1 Å². The van der Waals surface area contributed by atoms with E-state index in [1.165, 1.54) is 31.2 Å². The van der Waals surface area contributed by atoms with E-state index < -0.39 is 29.0 Å². The van der Waals surface area contributed by atoms with E-state index in [0.717, 1.165) is 11.8 Å². The molecule has 1 aromatic heterocycles. The molecule has 2 aromatic rings. The Hall–Kier alpha value is -2.88. The summed E-state index contributed by atoms with van der Waals surface area (Å²) in [5, 5.41) is 8.20. The number of carbonyl (C=O) groups is 3. The van der Waals surface area contributed by atoms with E-state index in [1.54, 1.807) is 19.9 Å². The normalized spacial score (nSPS) is 12.7. The number of benzene rings is 1. The lowest BCUT2D eigenvalue weighted by Crippen LogP contribution is -2.31. The lowest BCUT2D eigenvalue weighted by Gasteiger charge is -2.14. The van der Waals surface area contributed by atoms with Crippen LogP contribution in [0.15, 0.2) is 34.9 Å². The standard InChI is InChI=1S/C18H20FN3O5S/c1-10-8-15(22-27-10)21-18(25)12(3)28-9-16(23)26-11(2)17(24)20-14-6-4-13(19)5-7-14/h4-8,11-12H,9H2,1-3H3,(H,20,24)(H,21,22,25)/t11-,12+/m0/s1. The summed E-state index contributed by atoms with van der Waals surface area (Å²) in [6.07, 6.45) is -1.04. The fraction of sp³-hybridized carbons (Fsp3) is 0.333. The zero-order valence-electron chi connectivity index (χ0n) is 15.5. The summed E-state index contributed by atoms with van der Waals surface area (Å²) in [4.78, 5) is 36.0. The Labute approximate surface area is 165 Å². The third-order valence-corrected chi connectivity index (χ3v) is 4.61. The first-order valence-corrected chi connectivity index (χ1v) is 9.41. The summed E-state index contributed by atoms with van der Waals surface area (Å²) in [6.45, 7) is 4.75. The Bertz CT molecular complexity index is 840. The van der Waals surface area contributed by atoms with Gasteiger partial charge in [-0.25, -0.2) is 4.39 Å². The van der Waals surface area contributed by atoms with Gasteiger partial charge in [0.25, 0.3) is 5.91 Å². The number of halogens is 1. The van der Waals surface area contributed by atoms with Gasteiger partial charge in [0.1, 0.15) is 11.6 Å². The molecule has 2 amide bonds. The molecular weight excluding hydrogens is 389 g/mol. The van der Waals surface area contributed by atoms with Gasteiger partial charge < -0.3 is 19.9 Å². The molecule has 0 saturated heterocycles. The Balaban J connectivity index is 1.73. The maximum absolute atomic E-state index is 12.9. The molecule has 0 fully saturated rings. The highest BCUT2D eigenvalue weighted by molar-refractivity contribution is 8.01. The highest BCUT2D eigenvalue weighted by Crippen LogP contribution is 2.15. The molecule has 2 rings (SSSR count). The molecule has 1 aromatic carbocycles. The van der Waals surface area contributed by atoms with Gasteiger partial charge in [0.2, 0.25) is 5.91 Å². The Morgan fingerprint density at radius 2 is 1.86 bits per heavy atom. The zero-order chi connectivity index (χ0) is 20.7. The van der Waals surface area contributed by atoms with E-state index in [4.69, 9.17) is 9.26 Å². The predicted octanol–water partition coefficient (Wildman–Crippen LogP) is 2.75. The van der Waals surface area contributed by atoms with Crippen LogP contribution < -0.4 is 10.6 Å².